The van der Waals surface area contributed by atoms with E-state index in [1.54, 1.807) is 6.07 Å². The van der Waals surface area contributed by atoms with Gasteiger partial charge in [-0.15, -0.1) is 0 Å². The lowest BCUT2D eigenvalue weighted by molar-refractivity contribution is -0.119. The van der Waals surface area contributed by atoms with Gasteiger partial charge in [0.15, 0.2) is 0 Å². The number of aryl methyl sites for hydroxylation is 1. The molecule has 0 radical (unpaired) electrons. The number of benzene rings is 1. The molecule has 2 aliphatic heterocycles. The number of likely N-dealkylation sites (tertiary alicyclic amines) is 1. The smallest absolute Gasteiger partial charge is 0.243 e. The molecular weight excluding hydrogens is 392 g/mol. The van der Waals surface area contributed by atoms with Crippen LogP contribution in [-0.2, 0) is 18.4 Å². The van der Waals surface area contributed by atoms with Crippen LogP contribution in [0.2, 0.25) is 0 Å². The molecule has 4 atom stereocenters. The van der Waals surface area contributed by atoms with Crippen LogP contribution in [0.3, 0.4) is 0 Å². The number of nitrogens with one attached hydrogen (secondary N) is 3. The molecule has 1 aromatic heterocycles. The topological polar surface area (TPSA) is 94.5 Å². The molecule has 3 heterocycles. The molecular formula is C23H32N6O2. The quantitative estimate of drug-likeness (QED) is 0.549. The highest BCUT2D eigenvalue weighted by Crippen LogP contribution is 2.39. The standard InChI is InChI=1S/C23H32N6O2/c1-28-14-17(12-24-28)16-5-7-19-18(11-16)22(27-26-19)23(31)25-20-6-4-15(10-21(20)30)13-29-8-2-3-9-29/h4,6,10,12,14,16,18-19,22,26-27,30H,2-3,5,7-9,11,13H2,1H3,(H,25,31). The fourth-order valence-corrected chi connectivity index (χ4v) is 5.46. The van der Waals surface area contributed by atoms with Gasteiger partial charge in [0.05, 0.1) is 11.9 Å². The lowest BCUT2D eigenvalue weighted by atomic mass is 9.74. The number of anilines is 1. The van der Waals surface area contributed by atoms with Crippen LogP contribution in [0.5, 0.6) is 5.75 Å². The number of hydrazine groups is 1. The van der Waals surface area contributed by atoms with Crippen molar-refractivity contribution in [1.29, 1.82) is 0 Å². The number of hydrogen-bond donors (Lipinski definition) is 4. The number of carbonyl (C=O) groups excluding carboxylic acids is 1. The summed E-state index contributed by atoms with van der Waals surface area (Å²) in [6, 6.07) is 5.55. The number of aromatic hydroxyl groups is 1. The van der Waals surface area contributed by atoms with Crippen molar-refractivity contribution in [2.45, 2.75) is 56.7 Å². The highest BCUT2D eigenvalue weighted by molar-refractivity contribution is 5.96. The maximum Gasteiger partial charge on any atom is 0.243 e. The molecule has 0 spiro atoms. The third-order valence-corrected chi connectivity index (χ3v) is 7.16. The second-order valence-corrected chi connectivity index (χ2v) is 9.32. The molecule has 3 fully saturated rings. The minimum atomic E-state index is -0.326. The number of aromatic nitrogens is 2. The van der Waals surface area contributed by atoms with Gasteiger partial charge < -0.3 is 10.4 Å². The first-order valence-corrected chi connectivity index (χ1v) is 11.4. The number of carbonyl (C=O) groups is 1. The van der Waals surface area contributed by atoms with E-state index in [0.717, 1.165) is 44.5 Å². The van der Waals surface area contributed by atoms with Gasteiger partial charge in [-0.05, 0) is 74.4 Å². The molecule has 0 bridgehead atoms. The highest BCUT2D eigenvalue weighted by atomic mass is 16.3. The van der Waals surface area contributed by atoms with Crippen LogP contribution in [0, 0.1) is 5.92 Å². The van der Waals surface area contributed by atoms with Crippen molar-refractivity contribution < 1.29 is 9.90 Å². The molecule has 2 aromatic rings. The molecule has 1 aromatic carbocycles. The summed E-state index contributed by atoms with van der Waals surface area (Å²) in [5.41, 5.74) is 9.32. The second kappa shape index (κ2) is 8.61. The van der Waals surface area contributed by atoms with Gasteiger partial charge >= 0.3 is 0 Å². The van der Waals surface area contributed by atoms with Gasteiger partial charge in [0.25, 0.3) is 0 Å². The van der Waals surface area contributed by atoms with Gasteiger partial charge in [0, 0.05) is 31.7 Å². The highest BCUT2D eigenvalue weighted by Gasteiger charge is 2.44. The molecule has 1 aliphatic carbocycles. The van der Waals surface area contributed by atoms with E-state index in [1.807, 2.05) is 30.1 Å². The molecule has 31 heavy (non-hydrogen) atoms. The SMILES string of the molecule is Cn1cc(C2CCC3NNC(C(=O)Nc4ccc(CN5CCCC5)cc4O)C3C2)cn1. The summed E-state index contributed by atoms with van der Waals surface area (Å²) in [6.07, 6.45) is 9.57. The first-order chi connectivity index (χ1) is 15.1. The molecule has 166 valence electrons. The zero-order valence-electron chi connectivity index (χ0n) is 18.1. The predicted octanol–water partition coefficient (Wildman–Crippen LogP) is 2.09. The lowest BCUT2D eigenvalue weighted by Gasteiger charge is -2.32. The van der Waals surface area contributed by atoms with Crippen molar-refractivity contribution >= 4 is 11.6 Å². The average Bonchev–Trinajstić information content (AvgIpc) is 3.50. The van der Waals surface area contributed by atoms with Crippen LogP contribution in [0.15, 0.2) is 30.6 Å². The molecule has 1 saturated carbocycles. The van der Waals surface area contributed by atoms with Crippen molar-refractivity contribution in [3.63, 3.8) is 0 Å². The Labute approximate surface area is 183 Å². The first kappa shape index (κ1) is 20.5. The van der Waals surface area contributed by atoms with Gasteiger partial charge in [0.2, 0.25) is 5.91 Å². The zero-order valence-corrected chi connectivity index (χ0v) is 18.1. The Kier molecular flexibility index (Phi) is 5.69. The van der Waals surface area contributed by atoms with Gasteiger partial charge in [-0.1, -0.05) is 6.07 Å². The molecule has 2 saturated heterocycles. The zero-order chi connectivity index (χ0) is 21.4. The maximum absolute atomic E-state index is 13.1. The molecule has 4 N–H and O–H groups in total. The van der Waals surface area contributed by atoms with Crippen LogP contribution in [0.4, 0.5) is 5.69 Å². The van der Waals surface area contributed by atoms with Gasteiger partial charge in [-0.25, -0.2) is 5.43 Å². The minimum Gasteiger partial charge on any atom is -0.506 e. The summed E-state index contributed by atoms with van der Waals surface area (Å²) in [6.45, 7) is 3.07. The fraction of sp³-hybridized carbons (Fsp3) is 0.565. The number of nitrogens with zero attached hydrogens (tertiary/aromatic N) is 3. The summed E-state index contributed by atoms with van der Waals surface area (Å²) in [7, 11) is 1.94. The Balaban J connectivity index is 1.23. The largest absolute Gasteiger partial charge is 0.506 e. The summed E-state index contributed by atoms with van der Waals surface area (Å²) < 4.78 is 1.84. The van der Waals surface area contributed by atoms with E-state index in [0.29, 0.717) is 17.6 Å². The average molecular weight is 425 g/mol. The molecule has 1 amide bonds. The number of amides is 1. The van der Waals surface area contributed by atoms with Crippen molar-refractivity contribution in [1.82, 2.24) is 25.5 Å². The Morgan fingerprint density at radius 3 is 2.84 bits per heavy atom. The summed E-state index contributed by atoms with van der Waals surface area (Å²) in [4.78, 5) is 15.5. The summed E-state index contributed by atoms with van der Waals surface area (Å²) >= 11 is 0. The van der Waals surface area contributed by atoms with E-state index in [1.165, 1.54) is 18.4 Å². The van der Waals surface area contributed by atoms with Crippen molar-refractivity contribution in [2.75, 3.05) is 18.4 Å². The molecule has 3 aliphatic rings. The summed E-state index contributed by atoms with van der Waals surface area (Å²) in [5, 5.41) is 17.8. The number of phenols is 1. The minimum absolute atomic E-state index is 0.102. The van der Waals surface area contributed by atoms with E-state index in [-0.39, 0.29) is 23.6 Å². The third-order valence-electron chi connectivity index (χ3n) is 7.16. The Morgan fingerprint density at radius 2 is 2.10 bits per heavy atom. The fourth-order valence-electron chi connectivity index (χ4n) is 5.46. The normalized spacial score (nSPS) is 28.5. The van der Waals surface area contributed by atoms with Crippen molar-refractivity contribution in [3.05, 3.63) is 41.7 Å². The van der Waals surface area contributed by atoms with Crippen LogP contribution >= 0.6 is 0 Å². The number of phenolic OH excluding ortho intramolecular Hbond substituents is 1. The van der Waals surface area contributed by atoms with Gasteiger partial charge in [-0.2, -0.15) is 5.10 Å². The second-order valence-electron chi connectivity index (χ2n) is 9.32. The third kappa shape index (κ3) is 4.33. The van der Waals surface area contributed by atoms with E-state index in [9.17, 15) is 9.90 Å². The molecule has 4 unspecified atom stereocenters. The van der Waals surface area contributed by atoms with Crippen LogP contribution in [-0.4, -0.2) is 50.9 Å². The Morgan fingerprint density at radius 1 is 1.26 bits per heavy atom. The molecule has 8 heteroatoms. The number of fused-ring (bicyclic) bond motifs is 1. The Hall–Kier alpha value is -2.42. The number of rotatable bonds is 5. The van der Waals surface area contributed by atoms with Crippen molar-refractivity contribution in [2.24, 2.45) is 13.0 Å². The predicted molar refractivity (Wildman–Crippen MR) is 118 cm³/mol. The van der Waals surface area contributed by atoms with Gasteiger partial charge in [-0.3, -0.25) is 19.8 Å². The van der Waals surface area contributed by atoms with Crippen LogP contribution < -0.4 is 16.2 Å². The van der Waals surface area contributed by atoms with E-state index in [2.05, 4.69) is 32.4 Å². The van der Waals surface area contributed by atoms with E-state index >= 15 is 0 Å². The van der Waals surface area contributed by atoms with Crippen LogP contribution in [0.1, 0.15) is 49.1 Å². The lowest BCUT2D eigenvalue weighted by Crippen LogP contribution is -2.42. The molecule has 8 nitrogen and oxygen atoms in total. The first-order valence-electron chi connectivity index (χ1n) is 11.4. The Bertz CT molecular complexity index is 938. The van der Waals surface area contributed by atoms with Crippen LogP contribution in [0.25, 0.3) is 0 Å². The van der Waals surface area contributed by atoms with E-state index in [4.69, 9.17) is 0 Å². The van der Waals surface area contributed by atoms with Gasteiger partial charge in [0.1, 0.15) is 11.8 Å². The number of hydrogen-bond acceptors (Lipinski definition) is 6. The molecule has 5 rings (SSSR count). The summed E-state index contributed by atoms with van der Waals surface area (Å²) in [5.74, 6) is 0.652. The van der Waals surface area contributed by atoms with Crippen molar-refractivity contribution in [3.8, 4) is 5.75 Å². The monoisotopic (exact) mass is 424 g/mol. The van der Waals surface area contributed by atoms with E-state index < -0.39 is 0 Å². The maximum atomic E-state index is 13.1.